The van der Waals surface area contributed by atoms with Gasteiger partial charge in [-0.3, -0.25) is 19.7 Å². The molecule has 0 aliphatic rings. The summed E-state index contributed by atoms with van der Waals surface area (Å²) in [5, 5.41) is 14.1. The van der Waals surface area contributed by atoms with Gasteiger partial charge in [-0.25, -0.2) is 4.98 Å². The zero-order valence-corrected chi connectivity index (χ0v) is 16.7. The van der Waals surface area contributed by atoms with Crippen molar-refractivity contribution in [1.29, 1.82) is 0 Å². The average molecular weight is 406 g/mol. The number of imidazole rings is 1. The van der Waals surface area contributed by atoms with Gasteiger partial charge in [0, 0.05) is 24.0 Å². The molecule has 0 aliphatic heterocycles. The number of hydrogen-bond acceptors (Lipinski definition) is 5. The summed E-state index contributed by atoms with van der Waals surface area (Å²) in [7, 11) is 0. The number of nitrogens with zero attached hydrogens (tertiary/aromatic N) is 3. The van der Waals surface area contributed by atoms with Gasteiger partial charge < -0.3 is 9.88 Å². The molecule has 0 saturated heterocycles. The molecule has 30 heavy (non-hydrogen) atoms. The molecule has 0 spiro atoms. The first-order valence-electron chi connectivity index (χ1n) is 9.50. The van der Waals surface area contributed by atoms with E-state index in [-0.39, 0.29) is 29.1 Å². The van der Waals surface area contributed by atoms with Crippen LogP contribution >= 0.6 is 0 Å². The first-order chi connectivity index (χ1) is 14.4. The summed E-state index contributed by atoms with van der Waals surface area (Å²) in [6, 6.07) is 13.0. The molecule has 3 aromatic rings. The Morgan fingerprint density at radius 3 is 2.50 bits per heavy atom. The van der Waals surface area contributed by atoms with E-state index in [0.29, 0.717) is 5.56 Å². The van der Waals surface area contributed by atoms with Gasteiger partial charge in [-0.2, -0.15) is 0 Å². The fraction of sp³-hybridized carbons (Fsp3) is 0.227. The molecule has 1 unspecified atom stereocenters. The topological polar surface area (TPSA) is 107 Å². The lowest BCUT2D eigenvalue weighted by atomic mass is 9.95. The molecule has 3 rings (SSSR count). The fourth-order valence-electron chi connectivity index (χ4n) is 3.39. The van der Waals surface area contributed by atoms with Crippen LogP contribution in [-0.2, 0) is 4.79 Å². The summed E-state index contributed by atoms with van der Waals surface area (Å²) in [6.45, 7) is 4.03. The number of amides is 1. The molecule has 0 bridgehead atoms. The number of hydrogen-bond donors (Lipinski definition) is 1. The molecule has 0 saturated carbocycles. The van der Waals surface area contributed by atoms with E-state index in [2.05, 4.69) is 10.3 Å². The molecule has 0 aliphatic carbocycles. The first-order valence-corrected chi connectivity index (χ1v) is 9.50. The monoisotopic (exact) mass is 406 g/mol. The third-order valence-electron chi connectivity index (χ3n) is 4.73. The molecule has 1 heterocycles. The van der Waals surface area contributed by atoms with Gasteiger partial charge in [0.25, 0.3) is 5.69 Å². The average Bonchev–Trinajstić information content (AvgIpc) is 3.23. The van der Waals surface area contributed by atoms with E-state index < -0.39 is 17.3 Å². The van der Waals surface area contributed by atoms with Gasteiger partial charge in [-0.15, -0.1) is 0 Å². The lowest BCUT2D eigenvalue weighted by Crippen LogP contribution is -2.18. The van der Waals surface area contributed by atoms with Crippen molar-refractivity contribution in [3.05, 3.63) is 88.5 Å². The van der Waals surface area contributed by atoms with Crippen molar-refractivity contribution in [3.63, 3.8) is 0 Å². The van der Waals surface area contributed by atoms with Crippen LogP contribution in [0.4, 0.5) is 11.4 Å². The third kappa shape index (κ3) is 4.78. The minimum atomic E-state index is -0.602. The number of ketones is 1. The summed E-state index contributed by atoms with van der Waals surface area (Å²) in [4.78, 5) is 39.7. The van der Waals surface area contributed by atoms with E-state index >= 15 is 0 Å². The van der Waals surface area contributed by atoms with Crippen LogP contribution in [0.3, 0.4) is 0 Å². The standard InChI is InChI=1S/C22H22N4O4/c1-15(2)22(25-11-10-23-14-25)17-8-9-18(19(12-17)26(29)30)24-21(28)13-20(27)16-6-4-3-5-7-16/h3-12,14-15,22H,13H2,1-2H3,(H,24,28). The number of rotatable bonds is 8. The third-order valence-corrected chi connectivity index (χ3v) is 4.73. The van der Waals surface area contributed by atoms with E-state index in [4.69, 9.17) is 0 Å². The van der Waals surface area contributed by atoms with Gasteiger partial charge in [-0.1, -0.05) is 50.2 Å². The van der Waals surface area contributed by atoms with E-state index in [0.717, 1.165) is 5.56 Å². The predicted molar refractivity (Wildman–Crippen MR) is 112 cm³/mol. The van der Waals surface area contributed by atoms with Gasteiger partial charge >= 0.3 is 0 Å². The largest absolute Gasteiger partial charge is 0.330 e. The lowest BCUT2D eigenvalue weighted by Gasteiger charge is -2.23. The molecule has 2 aromatic carbocycles. The minimum Gasteiger partial charge on any atom is -0.330 e. The molecule has 154 valence electrons. The van der Waals surface area contributed by atoms with Crippen molar-refractivity contribution < 1.29 is 14.5 Å². The highest BCUT2D eigenvalue weighted by Gasteiger charge is 2.23. The summed E-state index contributed by atoms with van der Waals surface area (Å²) in [5.41, 5.74) is 0.979. The lowest BCUT2D eigenvalue weighted by molar-refractivity contribution is -0.384. The van der Waals surface area contributed by atoms with E-state index in [1.165, 1.54) is 12.1 Å². The molecule has 1 aromatic heterocycles. The summed E-state index contributed by atoms with van der Waals surface area (Å²) in [6.07, 6.45) is 4.73. The zero-order chi connectivity index (χ0) is 21.7. The Hall–Kier alpha value is -3.81. The van der Waals surface area contributed by atoms with E-state index in [1.807, 2.05) is 18.4 Å². The predicted octanol–water partition coefficient (Wildman–Crippen LogP) is 4.25. The fourth-order valence-corrected chi connectivity index (χ4v) is 3.39. The maximum absolute atomic E-state index is 12.3. The number of anilines is 1. The van der Waals surface area contributed by atoms with Crippen LogP contribution in [0.1, 0.15) is 42.2 Å². The molecule has 1 N–H and O–H groups in total. The maximum Gasteiger partial charge on any atom is 0.293 e. The Morgan fingerprint density at radius 1 is 1.17 bits per heavy atom. The molecular formula is C22H22N4O4. The van der Waals surface area contributed by atoms with Crippen LogP contribution in [0.15, 0.2) is 67.3 Å². The highest BCUT2D eigenvalue weighted by Crippen LogP contribution is 2.33. The highest BCUT2D eigenvalue weighted by molar-refractivity contribution is 6.11. The second-order valence-corrected chi connectivity index (χ2v) is 7.25. The van der Waals surface area contributed by atoms with Crippen molar-refractivity contribution in [2.75, 3.05) is 5.32 Å². The van der Waals surface area contributed by atoms with Gasteiger partial charge in [0.15, 0.2) is 5.78 Å². The van der Waals surface area contributed by atoms with Gasteiger partial charge in [0.2, 0.25) is 5.91 Å². The summed E-state index contributed by atoms with van der Waals surface area (Å²) in [5.74, 6) is -0.801. The number of nitro benzene ring substituents is 1. The number of aromatic nitrogens is 2. The van der Waals surface area contributed by atoms with E-state index in [1.54, 1.807) is 55.1 Å². The van der Waals surface area contributed by atoms with Crippen molar-refractivity contribution in [2.45, 2.75) is 26.3 Å². The second kappa shape index (κ2) is 9.13. The Morgan fingerprint density at radius 2 is 1.90 bits per heavy atom. The van der Waals surface area contributed by atoms with Crippen molar-refractivity contribution in [1.82, 2.24) is 9.55 Å². The summed E-state index contributed by atoms with van der Waals surface area (Å²) >= 11 is 0. The number of carbonyl (C=O) groups excluding carboxylic acids is 2. The SMILES string of the molecule is CC(C)C(c1ccc(NC(=O)CC(=O)c2ccccc2)c([N+](=O)[O-])c1)n1ccnc1. The molecule has 0 fully saturated rings. The summed E-state index contributed by atoms with van der Waals surface area (Å²) < 4.78 is 1.89. The van der Waals surface area contributed by atoms with Crippen LogP contribution in [-0.4, -0.2) is 26.2 Å². The quantitative estimate of drug-likeness (QED) is 0.260. The second-order valence-electron chi connectivity index (χ2n) is 7.25. The molecule has 1 atom stereocenters. The maximum atomic E-state index is 12.3. The smallest absolute Gasteiger partial charge is 0.293 e. The van der Waals surface area contributed by atoms with Gasteiger partial charge in [0.05, 0.1) is 23.7 Å². The molecule has 8 heteroatoms. The van der Waals surface area contributed by atoms with Crippen molar-refractivity contribution in [3.8, 4) is 0 Å². The van der Waals surface area contributed by atoms with Crippen LogP contribution < -0.4 is 5.32 Å². The molecule has 1 amide bonds. The van der Waals surface area contributed by atoms with Crippen LogP contribution in [0.5, 0.6) is 0 Å². The Bertz CT molecular complexity index is 1050. The van der Waals surface area contributed by atoms with Gasteiger partial charge in [-0.05, 0) is 17.5 Å². The Kier molecular flexibility index (Phi) is 6.36. The molecular weight excluding hydrogens is 384 g/mol. The van der Waals surface area contributed by atoms with Crippen LogP contribution in [0, 0.1) is 16.0 Å². The molecule has 8 nitrogen and oxygen atoms in total. The minimum absolute atomic E-state index is 0.0581. The number of carbonyl (C=O) groups is 2. The molecule has 0 radical (unpaired) electrons. The van der Waals surface area contributed by atoms with Gasteiger partial charge in [0.1, 0.15) is 5.69 Å². The normalized spacial score (nSPS) is 11.8. The first kappa shape index (κ1) is 20.9. The number of Topliss-reactive ketones (excluding diaryl/α,β-unsaturated/α-hetero) is 1. The Balaban J connectivity index is 1.82. The number of nitrogens with one attached hydrogen (secondary N) is 1. The zero-order valence-electron chi connectivity index (χ0n) is 16.7. The highest BCUT2D eigenvalue weighted by atomic mass is 16.6. The van der Waals surface area contributed by atoms with Crippen molar-refractivity contribution >= 4 is 23.1 Å². The van der Waals surface area contributed by atoms with Crippen LogP contribution in [0.2, 0.25) is 0 Å². The van der Waals surface area contributed by atoms with Crippen molar-refractivity contribution in [2.24, 2.45) is 5.92 Å². The number of benzene rings is 2. The van der Waals surface area contributed by atoms with E-state index in [9.17, 15) is 19.7 Å². The van der Waals surface area contributed by atoms with Crippen LogP contribution in [0.25, 0.3) is 0 Å². The Labute approximate surface area is 173 Å². The number of nitro groups is 1.